The third-order valence-electron chi connectivity index (χ3n) is 3.61. The average Bonchev–Trinajstić information content (AvgIpc) is 2.32. The molecule has 0 aromatic carbocycles. The number of carbonyl (C=O) groups excluding carboxylic acids is 1. The second-order valence-electron chi connectivity index (χ2n) is 5.00. The van der Waals surface area contributed by atoms with Gasteiger partial charge in [0.2, 0.25) is 0 Å². The molecule has 2 rings (SSSR count). The molecule has 6 nitrogen and oxygen atoms in total. The maximum absolute atomic E-state index is 11.9. The summed E-state index contributed by atoms with van der Waals surface area (Å²) in [5.41, 5.74) is -0.177. The zero-order valence-electron chi connectivity index (χ0n) is 10.4. The first-order valence-electron chi connectivity index (χ1n) is 6.15. The number of carboxylic acid groups (broad SMARTS) is 1. The molecule has 1 saturated carbocycles. The highest BCUT2D eigenvalue weighted by Gasteiger charge is 2.39. The van der Waals surface area contributed by atoms with Crippen molar-refractivity contribution in [1.82, 2.24) is 10.3 Å². The van der Waals surface area contributed by atoms with Crippen LogP contribution in [0.2, 0.25) is 0 Å². The van der Waals surface area contributed by atoms with Crippen molar-refractivity contribution in [1.29, 1.82) is 0 Å². The largest absolute Gasteiger partial charge is 0.505 e. The van der Waals surface area contributed by atoms with Gasteiger partial charge >= 0.3 is 5.97 Å². The van der Waals surface area contributed by atoms with E-state index in [4.69, 9.17) is 5.11 Å². The highest BCUT2D eigenvalue weighted by molar-refractivity contribution is 5.96. The Balaban J connectivity index is 1.97. The predicted molar refractivity (Wildman–Crippen MR) is 66.8 cm³/mol. The number of pyridine rings is 1. The Hall–Kier alpha value is -2.11. The minimum Gasteiger partial charge on any atom is -0.505 e. The van der Waals surface area contributed by atoms with Crippen LogP contribution in [-0.2, 0) is 4.79 Å². The maximum Gasteiger partial charge on any atom is 0.303 e. The quantitative estimate of drug-likeness (QED) is 0.741. The molecule has 0 saturated heterocycles. The Labute approximate surface area is 110 Å². The fourth-order valence-corrected chi connectivity index (χ4v) is 2.35. The molecule has 1 aromatic rings. The molecule has 6 heteroatoms. The molecule has 0 bridgehead atoms. The van der Waals surface area contributed by atoms with Crippen LogP contribution in [0.15, 0.2) is 18.5 Å². The van der Waals surface area contributed by atoms with E-state index in [1.165, 1.54) is 18.5 Å². The average molecular weight is 264 g/mol. The number of aromatic hydroxyl groups is 1. The van der Waals surface area contributed by atoms with Gasteiger partial charge in [-0.15, -0.1) is 0 Å². The van der Waals surface area contributed by atoms with Gasteiger partial charge < -0.3 is 15.5 Å². The Morgan fingerprint density at radius 1 is 1.42 bits per heavy atom. The third-order valence-corrected chi connectivity index (χ3v) is 3.61. The van der Waals surface area contributed by atoms with Crippen LogP contribution in [0.5, 0.6) is 5.75 Å². The van der Waals surface area contributed by atoms with Gasteiger partial charge in [0.15, 0.2) is 0 Å². The molecular weight excluding hydrogens is 248 g/mol. The van der Waals surface area contributed by atoms with E-state index in [-0.39, 0.29) is 23.1 Å². The van der Waals surface area contributed by atoms with Crippen molar-refractivity contribution in [3.63, 3.8) is 0 Å². The van der Waals surface area contributed by atoms with Crippen LogP contribution in [0.25, 0.3) is 0 Å². The summed E-state index contributed by atoms with van der Waals surface area (Å²) in [6, 6.07) is 1.43. The molecule has 0 aliphatic heterocycles. The molecule has 0 unspecified atom stereocenters. The van der Waals surface area contributed by atoms with Crippen molar-refractivity contribution in [3.05, 3.63) is 24.0 Å². The minimum atomic E-state index is -0.847. The van der Waals surface area contributed by atoms with Gasteiger partial charge in [-0.25, -0.2) is 0 Å². The molecule has 0 radical (unpaired) electrons. The first-order valence-corrected chi connectivity index (χ1v) is 6.15. The predicted octanol–water partition coefficient (Wildman–Crippen LogP) is 1.16. The smallest absolute Gasteiger partial charge is 0.303 e. The zero-order chi connectivity index (χ0) is 13.9. The number of rotatable bonds is 5. The number of hydrogen-bond acceptors (Lipinski definition) is 4. The van der Waals surface area contributed by atoms with Crippen LogP contribution in [0, 0.1) is 5.41 Å². The lowest BCUT2D eigenvalue weighted by atomic mass is 9.66. The lowest BCUT2D eigenvalue weighted by molar-refractivity contribution is -0.141. The highest BCUT2D eigenvalue weighted by atomic mass is 16.4. The lowest BCUT2D eigenvalue weighted by Crippen LogP contribution is -2.43. The van der Waals surface area contributed by atoms with Gasteiger partial charge in [-0.3, -0.25) is 14.6 Å². The van der Waals surface area contributed by atoms with Crippen LogP contribution in [0.3, 0.4) is 0 Å². The van der Waals surface area contributed by atoms with Crippen LogP contribution >= 0.6 is 0 Å². The first-order chi connectivity index (χ1) is 9.02. The number of hydrogen-bond donors (Lipinski definition) is 3. The van der Waals surface area contributed by atoms with Gasteiger partial charge in [0.25, 0.3) is 5.91 Å². The number of aliphatic carboxylic acids is 1. The molecule has 19 heavy (non-hydrogen) atoms. The lowest BCUT2D eigenvalue weighted by Gasteiger charge is -2.40. The number of carboxylic acids is 1. The molecule has 3 N–H and O–H groups in total. The second kappa shape index (κ2) is 5.26. The van der Waals surface area contributed by atoms with Crippen molar-refractivity contribution in [2.45, 2.75) is 25.7 Å². The summed E-state index contributed by atoms with van der Waals surface area (Å²) < 4.78 is 0. The van der Waals surface area contributed by atoms with E-state index in [0.717, 1.165) is 19.3 Å². The molecule has 1 aliphatic rings. The number of nitrogens with one attached hydrogen (secondary N) is 1. The fraction of sp³-hybridized carbons (Fsp3) is 0.462. The third kappa shape index (κ3) is 3.01. The SMILES string of the molecule is O=C(O)CC1(CNC(=O)c2ccncc2O)CCC1. The Morgan fingerprint density at radius 2 is 2.16 bits per heavy atom. The maximum atomic E-state index is 11.9. The van der Waals surface area contributed by atoms with Crippen LogP contribution in [0.4, 0.5) is 0 Å². The van der Waals surface area contributed by atoms with E-state index in [1.54, 1.807) is 0 Å². The molecule has 1 aliphatic carbocycles. The molecule has 1 heterocycles. The summed E-state index contributed by atoms with van der Waals surface area (Å²) in [4.78, 5) is 26.4. The van der Waals surface area contributed by atoms with Gasteiger partial charge in [-0.05, 0) is 24.3 Å². The molecule has 0 spiro atoms. The molecule has 1 aromatic heterocycles. The standard InChI is InChI=1S/C13H16N2O4/c16-10-7-14-5-2-9(10)12(19)15-8-13(3-1-4-13)6-11(17)18/h2,5,7,16H,1,3-4,6,8H2,(H,15,19)(H,17,18). The van der Waals surface area contributed by atoms with Crippen LogP contribution < -0.4 is 5.32 Å². The summed E-state index contributed by atoms with van der Waals surface area (Å²) in [5.74, 6) is -1.43. The number of aromatic nitrogens is 1. The summed E-state index contributed by atoms with van der Waals surface area (Å²) in [6.07, 6.45) is 5.29. The van der Waals surface area contributed by atoms with Crippen molar-refractivity contribution in [2.24, 2.45) is 5.41 Å². The highest BCUT2D eigenvalue weighted by Crippen LogP contribution is 2.43. The Kier molecular flexibility index (Phi) is 3.69. The van der Waals surface area contributed by atoms with E-state index in [1.807, 2.05) is 0 Å². The topological polar surface area (TPSA) is 99.5 Å². The molecule has 0 atom stereocenters. The molecule has 102 valence electrons. The van der Waals surface area contributed by atoms with Crippen molar-refractivity contribution >= 4 is 11.9 Å². The van der Waals surface area contributed by atoms with E-state index >= 15 is 0 Å². The minimum absolute atomic E-state index is 0.0651. The Morgan fingerprint density at radius 3 is 2.68 bits per heavy atom. The van der Waals surface area contributed by atoms with Gasteiger partial charge in [0, 0.05) is 12.7 Å². The van der Waals surface area contributed by atoms with E-state index in [0.29, 0.717) is 6.54 Å². The first kappa shape index (κ1) is 13.3. The number of nitrogens with zero attached hydrogens (tertiary/aromatic N) is 1. The van der Waals surface area contributed by atoms with E-state index in [2.05, 4.69) is 10.3 Å². The number of amides is 1. The monoisotopic (exact) mass is 264 g/mol. The van der Waals surface area contributed by atoms with Gasteiger partial charge in [0.05, 0.1) is 18.2 Å². The summed E-state index contributed by atoms with van der Waals surface area (Å²) in [5, 5.41) is 21.1. The van der Waals surface area contributed by atoms with E-state index < -0.39 is 11.9 Å². The molecule has 1 amide bonds. The van der Waals surface area contributed by atoms with Gasteiger partial charge in [0.1, 0.15) is 5.75 Å². The van der Waals surface area contributed by atoms with E-state index in [9.17, 15) is 14.7 Å². The second-order valence-corrected chi connectivity index (χ2v) is 5.00. The van der Waals surface area contributed by atoms with Crippen LogP contribution in [-0.4, -0.2) is 33.6 Å². The van der Waals surface area contributed by atoms with Crippen molar-refractivity contribution in [3.8, 4) is 5.75 Å². The van der Waals surface area contributed by atoms with Crippen LogP contribution in [0.1, 0.15) is 36.0 Å². The Bertz CT molecular complexity index is 497. The van der Waals surface area contributed by atoms with Crippen molar-refractivity contribution < 1.29 is 19.8 Å². The van der Waals surface area contributed by atoms with Gasteiger partial charge in [-0.1, -0.05) is 6.42 Å². The van der Waals surface area contributed by atoms with Crippen molar-refractivity contribution in [2.75, 3.05) is 6.54 Å². The summed E-state index contributed by atoms with van der Waals surface area (Å²) >= 11 is 0. The zero-order valence-corrected chi connectivity index (χ0v) is 10.4. The normalized spacial score (nSPS) is 16.4. The molecule has 1 fully saturated rings. The summed E-state index contributed by atoms with van der Waals surface area (Å²) in [6.45, 7) is 0.319. The van der Waals surface area contributed by atoms with Gasteiger partial charge in [-0.2, -0.15) is 0 Å². The fourth-order valence-electron chi connectivity index (χ4n) is 2.35. The summed E-state index contributed by atoms with van der Waals surface area (Å²) in [7, 11) is 0. The molecular formula is C13H16N2O4. The number of carbonyl (C=O) groups is 2.